The number of piperidine rings is 1. The summed E-state index contributed by atoms with van der Waals surface area (Å²) in [4.78, 5) is 15.0. The fourth-order valence-electron chi connectivity index (χ4n) is 3.63. The zero-order chi connectivity index (χ0) is 21.8. The number of ether oxygens (including phenoxy) is 1. The van der Waals surface area contributed by atoms with E-state index in [0.717, 1.165) is 24.0 Å². The largest absolute Gasteiger partial charge is 0.471 e. The first-order chi connectivity index (χ1) is 15.0. The Morgan fingerprint density at radius 2 is 1.58 bits per heavy atom. The number of likely N-dealkylation sites (tertiary alicyclic amines) is 1. The summed E-state index contributed by atoms with van der Waals surface area (Å²) in [6.45, 7) is 4.17. The molecule has 1 amide bonds. The van der Waals surface area contributed by atoms with Crippen LogP contribution in [-0.4, -0.2) is 33.7 Å². The number of benzene rings is 2. The summed E-state index contributed by atoms with van der Waals surface area (Å²) in [7, 11) is 0. The Bertz CT molecular complexity index is 1020. The van der Waals surface area contributed by atoms with Crippen LogP contribution < -0.4 is 4.74 Å². The maximum Gasteiger partial charge on any atom is 0.260 e. The van der Waals surface area contributed by atoms with Crippen LogP contribution in [0.1, 0.15) is 41.3 Å². The first kappa shape index (κ1) is 21.0. The lowest BCUT2D eigenvalue weighted by molar-refractivity contribution is 0.0692. The van der Waals surface area contributed by atoms with Crippen molar-refractivity contribution in [1.82, 2.24) is 14.7 Å². The van der Waals surface area contributed by atoms with Crippen LogP contribution in [0.15, 0.2) is 54.7 Å². The Labute approximate surface area is 180 Å². The summed E-state index contributed by atoms with van der Waals surface area (Å²) < 4.78 is 33.9. The second-order valence-electron chi connectivity index (χ2n) is 8.06. The van der Waals surface area contributed by atoms with Crippen molar-refractivity contribution in [3.8, 4) is 5.88 Å². The van der Waals surface area contributed by atoms with Gasteiger partial charge in [0.1, 0.15) is 23.8 Å². The summed E-state index contributed by atoms with van der Waals surface area (Å²) in [5.74, 6) is 0.131. The predicted molar refractivity (Wildman–Crippen MR) is 113 cm³/mol. The molecule has 3 aromatic rings. The fraction of sp³-hybridized carbons (Fsp3) is 0.333. The van der Waals surface area contributed by atoms with Crippen LogP contribution in [0.5, 0.6) is 5.88 Å². The summed E-state index contributed by atoms with van der Waals surface area (Å²) in [5.41, 5.74) is 2.04. The Kier molecular flexibility index (Phi) is 6.30. The smallest absolute Gasteiger partial charge is 0.260 e. The van der Waals surface area contributed by atoms with Gasteiger partial charge in [0.05, 0.1) is 6.54 Å². The van der Waals surface area contributed by atoms with Crippen molar-refractivity contribution in [3.05, 3.63) is 83.1 Å². The Morgan fingerprint density at radius 1 is 1.00 bits per heavy atom. The fourth-order valence-corrected chi connectivity index (χ4v) is 3.63. The number of halogens is 2. The summed E-state index contributed by atoms with van der Waals surface area (Å²) >= 11 is 0. The van der Waals surface area contributed by atoms with Crippen LogP contribution in [0, 0.1) is 17.6 Å². The summed E-state index contributed by atoms with van der Waals surface area (Å²) in [5, 5.41) is 4.47. The standard InChI is InChI=1S/C24H25F2N3O2/c1-17-10-12-28(13-11-17)24(30)22-15-29(14-18-2-6-20(25)7-3-18)27-23(22)31-16-19-4-8-21(26)9-5-19/h2-9,15,17H,10-14,16H2,1H3. The third-order valence-corrected chi connectivity index (χ3v) is 5.58. The van der Waals surface area contributed by atoms with E-state index in [1.807, 2.05) is 4.90 Å². The molecule has 0 saturated carbocycles. The highest BCUT2D eigenvalue weighted by atomic mass is 19.1. The van der Waals surface area contributed by atoms with Gasteiger partial charge in [-0.05, 0) is 54.2 Å². The van der Waals surface area contributed by atoms with Gasteiger partial charge in [0.2, 0.25) is 5.88 Å². The Hall–Kier alpha value is -3.22. The van der Waals surface area contributed by atoms with Gasteiger partial charge in [-0.3, -0.25) is 9.48 Å². The topological polar surface area (TPSA) is 47.4 Å². The van der Waals surface area contributed by atoms with Crippen LogP contribution >= 0.6 is 0 Å². The van der Waals surface area contributed by atoms with Crippen molar-refractivity contribution in [2.24, 2.45) is 5.92 Å². The van der Waals surface area contributed by atoms with Crippen molar-refractivity contribution in [3.63, 3.8) is 0 Å². The van der Waals surface area contributed by atoms with Crippen LogP contribution in [0.3, 0.4) is 0 Å². The van der Waals surface area contributed by atoms with Crippen molar-refractivity contribution in [2.75, 3.05) is 13.1 Å². The van der Waals surface area contributed by atoms with Gasteiger partial charge in [0, 0.05) is 19.3 Å². The van der Waals surface area contributed by atoms with Gasteiger partial charge in [-0.15, -0.1) is 5.10 Å². The number of rotatable bonds is 6. The van der Waals surface area contributed by atoms with Crippen molar-refractivity contribution >= 4 is 5.91 Å². The minimum Gasteiger partial charge on any atom is -0.471 e. The van der Waals surface area contributed by atoms with Crippen molar-refractivity contribution in [2.45, 2.75) is 32.9 Å². The molecule has 1 fully saturated rings. The molecule has 162 valence electrons. The number of hydrogen-bond donors (Lipinski definition) is 0. The SMILES string of the molecule is CC1CCN(C(=O)c2cn(Cc3ccc(F)cc3)nc2OCc2ccc(F)cc2)CC1. The number of hydrogen-bond acceptors (Lipinski definition) is 3. The number of nitrogens with zero attached hydrogens (tertiary/aromatic N) is 3. The molecular weight excluding hydrogens is 400 g/mol. The molecule has 0 N–H and O–H groups in total. The lowest BCUT2D eigenvalue weighted by Gasteiger charge is -2.30. The molecule has 1 aromatic heterocycles. The van der Waals surface area contributed by atoms with Gasteiger partial charge < -0.3 is 9.64 Å². The predicted octanol–water partition coefficient (Wildman–Crippen LogP) is 4.66. The van der Waals surface area contributed by atoms with Crippen LogP contribution in [0.4, 0.5) is 8.78 Å². The second-order valence-corrected chi connectivity index (χ2v) is 8.06. The quantitative estimate of drug-likeness (QED) is 0.577. The molecule has 0 aliphatic carbocycles. The molecule has 2 heterocycles. The molecule has 4 rings (SSSR count). The highest BCUT2D eigenvalue weighted by Crippen LogP contribution is 2.24. The number of carbonyl (C=O) groups excluding carboxylic acids is 1. The van der Waals surface area contributed by atoms with Gasteiger partial charge >= 0.3 is 0 Å². The van der Waals surface area contributed by atoms with E-state index in [-0.39, 0.29) is 30.0 Å². The molecule has 1 aliphatic rings. The highest BCUT2D eigenvalue weighted by Gasteiger charge is 2.26. The Balaban J connectivity index is 1.55. The lowest BCUT2D eigenvalue weighted by Crippen LogP contribution is -2.37. The summed E-state index contributed by atoms with van der Waals surface area (Å²) in [6, 6.07) is 12.2. The maximum atomic E-state index is 13.2. The number of aromatic nitrogens is 2. The molecule has 0 unspecified atom stereocenters. The minimum atomic E-state index is -0.317. The average Bonchev–Trinajstić information content (AvgIpc) is 3.17. The lowest BCUT2D eigenvalue weighted by atomic mass is 9.99. The van der Waals surface area contributed by atoms with E-state index in [1.165, 1.54) is 24.3 Å². The second kappa shape index (κ2) is 9.29. The van der Waals surface area contributed by atoms with E-state index in [2.05, 4.69) is 12.0 Å². The normalized spacial score (nSPS) is 14.6. The molecule has 1 aliphatic heterocycles. The highest BCUT2D eigenvalue weighted by molar-refractivity contribution is 5.96. The van der Waals surface area contributed by atoms with Gasteiger partial charge in [0.25, 0.3) is 5.91 Å². The number of carbonyl (C=O) groups is 1. The van der Waals surface area contributed by atoms with Crippen molar-refractivity contribution in [1.29, 1.82) is 0 Å². The molecule has 5 nitrogen and oxygen atoms in total. The molecule has 0 bridgehead atoms. The van der Waals surface area contributed by atoms with Gasteiger partial charge in [0.15, 0.2) is 0 Å². The molecule has 0 radical (unpaired) electrons. The molecular formula is C24H25F2N3O2. The van der Waals surface area contributed by atoms with E-state index in [4.69, 9.17) is 4.74 Å². The van der Waals surface area contributed by atoms with E-state index in [1.54, 1.807) is 35.1 Å². The van der Waals surface area contributed by atoms with Crippen LogP contribution in [0.25, 0.3) is 0 Å². The average molecular weight is 425 g/mol. The summed E-state index contributed by atoms with van der Waals surface area (Å²) in [6.07, 6.45) is 3.63. The molecule has 0 atom stereocenters. The van der Waals surface area contributed by atoms with Gasteiger partial charge in [-0.25, -0.2) is 8.78 Å². The van der Waals surface area contributed by atoms with Crippen LogP contribution in [0.2, 0.25) is 0 Å². The van der Waals surface area contributed by atoms with Crippen LogP contribution in [-0.2, 0) is 13.2 Å². The third-order valence-electron chi connectivity index (χ3n) is 5.58. The number of amides is 1. The molecule has 31 heavy (non-hydrogen) atoms. The van der Waals surface area contributed by atoms with E-state index in [9.17, 15) is 13.6 Å². The molecule has 1 saturated heterocycles. The van der Waals surface area contributed by atoms with E-state index >= 15 is 0 Å². The first-order valence-electron chi connectivity index (χ1n) is 10.5. The Morgan fingerprint density at radius 3 is 2.19 bits per heavy atom. The zero-order valence-corrected chi connectivity index (χ0v) is 17.4. The maximum absolute atomic E-state index is 13.2. The van der Waals surface area contributed by atoms with Gasteiger partial charge in [-0.1, -0.05) is 31.2 Å². The minimum absolute atomic E-state index is 0.105. The van der Waals surface area contributed by atoms with Crippen molar-refractivity contribution < 1.29 is 18.3 Å². The molecule has 2 aromatic carbocycles. The van der Waals surface area contributed by atoms with E-state index in [0.29, 0.717) is 31.1 Å². The van der Waals surface area contributed by atoms with E-state index < -0.39 is 0 Å². The monoisotopic (exact) mass is 425 g/mol. The zero-order valence-electron chi connectivity index (χ0n) is 17.4. The molecule has 7 heteroatoms. The van der Waals surface area contributed by atoms with Gasteiger partial charge in [-0.2, -0.15) is 0 Å². The molecule has 0 spiro atoms. The first-order valence-corrected chi connectivity index (χ1v) is 10.5. The third kappa shape index (κ3) is 5.29.